The van der Waals surface area contributed by atoms with Crippen LogP contribution in [-0.2, 0) is 20.7 Å². The minimum absolute atomic E-state index is 0.0439. The molecular weight excluding hydrogens is 395 g/mol. The summed E-state index contributed by atoms with van der Waals surface area (Å²) in [5, 5.41) is 23.2. The van der Waals surface area contributed by atoms with E-state index in [0.717, 1.165) is 42.1 Å². The second-order valence-electron chi connectivity index (χ2n) is 9.02. The third kappa shape index (κ3) is 6.58. The van der Waals surface area contributed by atoms with Gasteiger partial charge in [0, 0.05) is 17.1 Å². The van der Waals surface area contributed by atoms with E-state index in [1.54, 1.807) is 0 Å². The summed E-state index contributed by atoms with van der Waals surface area (Å²) < 4.78 is 5.59. The van der Waals surface area contributed by atoms with Crippen LogP contribution >= 0.6 is 0 Å². The number of hydrogen-bond donors (Lipinski definition) is 4. The van der Waals surface area contributed by atoms with Crippen molar-refractivity contribution in [3.8, 4) is 0 Å². The van der Waals surface area contributed by atoms with Gasteiger partial charge in [0.25, 0.3) is 0 Å². The molecule has 0 unspecified atom stereocenters. The zero-order valence-electron chi connectivity index (χ0n) is 18.3. The number of fused-ring (bicyclic) bond motifs is 1. The lowest BCUT2D eigenvalue weighted by molar-refractivity contribution is -0.151. The zero-order chi connectivity index (χ0) is 22.4. The summed E-state index contributed by atoms with van der Waals surface area (Å²) >= 11 is 0. The van der Waals surface area contributed by atoms with Gasteiger partial charge >= 0.3 is 13.1 Å². The summed E-state index contributed by atoms with van der Waals surface area (Å²) in [5.41, 5.74) is 1.91. The third-order valence-corrected chi connectivity index (χ3v) is 5.94. The number of nitrogens with one attached hydrogen (secondary N) is 2. The lowest BCUT2D eigenvalue weighted by Crippen LogP contribution is -2.49. The SMILES string of the molecule is CC(C)C[C@H](NC(=O)[C@@H](CC(=O)OC1CCCC1)Cc1c[nH]c2ccccc12)B(O)O. The highest BCUT2D eigenvalue weighted by atomic mass is 16.5. The molecule has 7 nitrogen and oxygen atoms in total. The number of aromatic amines is 1. The number of H-pyrrole nitrogens is 1. The van der Waals surface area contributed by atoms with E-state index in [2.05, 4.69) is 10.3 Å². The fraction of sp³-hybridized carbons (Fsp3) is 0.565. The molecule has 0 saturated heterocycles. The van der Waals surface area contributed by atoms with Crippen molar-refractivity contribution in [2.75, 3.05) is 0 Å². The molecule has 1 aromatic carbocycles. The fourth-order valence-electron chi connectivity index (χ4n) is 4.33. The summed E-state index contributed by atoms with van der Waals surface area (Å²) in [4.78, 5) is 28.9. The maximum absolute atomic E-state index is 13.1. The molecule has 1 heterocycles. The lowest BCUT2D eigenvalue weighted by Gasteiger charge is -2.23. The topological polar surface area (TPSA) is 112 Å². The molecule has 3 rings (SSSR count). The lowest BCUT2D eigenvalue weighted by atomic mass is 9.74. The summed E-state index contributed by atoms with van der Waals surface area (Å²) in [7, 11) is -1.66. The van der Waals surface area contributed by atoms with Gasteiger partial charge in [0.1, 0.15) is 6.10 Å². The van der Waals surface area contributed by atoms with Crippen LogP contribution in [0, 0.1) is 11.8 Å². The molecule has 2 aromatic rings. The number of carbonyl (C=O) groups is 2. The van der Waals surface area contributed by atoms with Crippen molar-refractivity contribution in [2.45, 2.75) is 70.8 Å². The predicted octanol–water partition coefficient (Wildman–Crippen LogP) is 2.75. The molecule has 1 saturated carbocycles. The van der Waals surface area contributed by atoms with E-state index < -0.39 is 19.0 Å². The molecule has 31 heavy (non-hydrogen) atoms. The number of rotatable bonds is 10. The van der Waals surface area contributed by atoms with Gasteiger partial charge in [-0.05, 0) is 56.1 Å². The van der Waals surface area contributed by atoms with Crippen LogP contribution in [0.2, 0.25) is 0 Å². The molecule has 8 heteroatoms. The average Bonchev–Trinajstić information content (AvgIpc) is 3.36. The largest absolute Gasteiger partial charge is 0.475 e. The van der Waals surface area contributed by atoms with Gasteiger partial charge in [-0.2, -0.15) is 0 Å². The van der Waals surface area contributed by atoms with Crippen LogP contribution in [0.5, 0.6) is 0 Å². The normalized spacial score (nSPS) is 16.4. The summed E-state index contributed by atoms with van der Waals surface area (Å²) in [6.45, 7) is 3.90. The van der Waals surface area contributed by atoms with Gasteiger partial charge in [-0.15, -0.1) is 0 Å². The monoisotopic (exact) mass is 428 g/mol. The number of para-hydroxylation sites is 1. The molecule has 1 amide bonds. The van der Waals surface area contributed by atoms with Crippen molar-refractivity contribution < 1.29 is 24.4 Å². The van der Waals surface area contributed by atoms with E-state index in [1.807, 2.05) is 44.3 Å². The van der Waals surface area contributed by atoms with Crippen molar-refractivity contribution in [2.24, 2.45) is 11.8 Å². The Balaban J connectivity index is 1.75. The first kappa shape index (κ1) is 23.4. The summed E-state index contributed by atoms with van der Waals surface area (Å²) in [6.07, 6.45) is 6.40. The molecule has 1 aliphatic rings. The first-order chi connectivity index (χ1) is 14.8. The van der Waals surface area contributed by atoms with Crippen LogP contribution in [0.1, 0.15) is 57.9 Å². The Morgan fingerprint density at radius 3 is 2.61 bits per heavy atom. The Morgan fingerprint density at radius 1 is 1.23 bits per heavy atom. The van der Waals surface area contributed by atoms with Crippen molar-refractivity contribution in [1.82, 2.24) is 10.3 Å². The standard InChI is InChI=1S/C23H33BN2O5/c1-15(2)11-21(24(29)30)26-23(28)16(13-22(27)31-18-7-3-4-8-18)12-17-14-25-20-10-6-5-9-19(17)20/h5-6,9-10,14-16,18,21,25,29-30H,3-4,7-8,11-13H2,1-2H3,(H,26,28)/t16-,21+/m1/s1. The van der Waals surface area contributed by atoms with Gasteiger partial charge in [0.15, 0.2) is 0 Å². The van der Waals surface area contributed by atoms with Crippen LogP contribution in [0.15, 0.2) is 30.5 Å². The van der Waals surface area contributed by atoms with Crippen molar-refractivity contribution in [3.63, 3.8) is 0 Å². The molecule has 2 atom stereocenters. The highest BCUT2D eigenvalue weighted by Gasteiger charge is 2.31. The highest BCUT2D eigenvalue weighted by molar-refractivity contribution is 6.43. The predicted molar refractivity (Wildman–Crippen MR) is 120 cm³/mol. The number of ether oxygens (including phenoxy) is 1. The second kappa shape index (κ2) is 10.8. The van der Waals surface area contributed by atoms with Gasteiger partial charge in [-0.1, -0.05) is 32.0 Å². The van der Waals surface area contributed by atoms with Gasteiger partial charge in [-0.25, -0.2) is 0 Å². The number of carbonyl (C=O) groups excluding carboxylic acids is 2. The van der Waals surface area contributed by atoms with Gasteiger partial charge in [0.05, 0.1) is 18.3 Å². The maximum Gasteiger partial charge on any atom is 0.475 e. The fourth-order valence-corrected chi connectivity index (χ4v) is 4.33. The summed E-state index contributed by atoms with van der Waals surface area (Å²) in [5.74, 6) is -2.03. The first-order valence-electron chi connectivity index (χ1n) is 11.2. The Labute approximate surface area is 183 Å². The maximum atomic E-state index is 13.1. The van der Waals surface area contributed by atoms with Crippen molar-refractivity contribution >= 4 is 29.9 Å². The molecule has 1 aliphatic carbocycles. The number of hydrogen-bond acceptors (Lipinski definition) is 5. The van der Waals surface area contributed by atoms with Crippen LogP contribution < -0.4 is 5.32 Å². The number of esters is 1. The number of aromatic nitrogens is 1. The van der Waals surface area contributed by atoms with Crippen molar-refractivity contribution in [3.05, 3.63) is 36.0 Å². The van der Waals surface area contributed by atoms with Crippen LogP contribution in [-0.4, -0.2) is 46.1 Å². The average molecular weight is 428 g/mol. The van der Waals surface area contributed by atoms with Crippen molar-refractivity contribution in [1.29, 1.82) is 0 Å². The van der Waals surface area contributed by atoms with E-state index in [0.29, 0.717) is 12.8 Å². The van der Waals surface area contributed by atoms with E-state index in [-0.39, 0.29) is 30.3 Å². The van der Waals surface area contributed by atoms with Crippen LogP contribution in [0.25, 0.3) is 10.9 Å². The quantitative estimate of drug-likeness (QED) is 0.344. The highest BCUT2D eigenvalue weighted by Crippen LogP contribution is 2.25. The van der Waals surface area contributed by atoms with E-state index in [4.69, 9.17) is 4.74 Å². The minimum Gasteiger partial charge on any atom is -0.462 e. The molecule has 0 aliphatic heterocycles. The molecule has 168 valence electrons. The third-order valence-electron chi connectivity index (χ3n) is 5.94. The molecule has 4 N–H and O–H groups in total. The number of benzene rings is 1. The molecule has 1 fully saturated rings. The Hall–Kier alpha value is -2.32. The van der Waals surface area contributed by atoms with Gasteiger partial charge < -0.3 is 25.1 Å². The molecule has 0 spiro atoms. The smallest absolute Gasteiger partial charge is 0.462 e. The second-order valence-corrected chi connectivity index (χ2v) is 9.02. The molecule has 0 bridgehead atoms. The Bertz CT molecular complexity index is 876. The summed E-state index contributed by atoms with van der Waals surface area (Å²) in [6, 6.07) is 7.81. The van der Waals surface area contributed by atoms with E-state index in [1.165, 1.54) is 0 Å². The zero-order valence-corrected chi connectivity index (χ0v) is 18.3. The Kier molecular flexibility index (Phi) is 8.15. The minimum atomic E-state index is -1.66. The number of amides is 1. The molecular formula is C23H33BN2O5. The van der Waals surface area contributed by atoms with Gasteiger partial charge in [-0.3, -0.25) is 9.59 Å². The van der Waals surface area contributed by atoms with E-state index >= 15 is 0 Å². The molecule has 0 radical (unpaired) electrons. The molecule has 1 aromatic heterocycles. The van der Waals surface area contributed by atoms with E-state index in [9.17, 15) is 19.6 Å². The van der Waals surface area contributed by atoms with Gasteiger partial charge in [0.2, 0.25) is 5.91 Å². The van der Waals surface area contributed by atoms with Crippen LogP contribution in [0.4, 0.5) is 0 Å². The Morgan fingerprint density at radius 2 is 1.94 bits per heavy atom. The first-order valence-corrected chi connectivity index (χ1v) is 11.2. The van der Waals surface area contributed by atoms with Crippen LogP contribution in [0.3, 0.4) is 0 Å².